The Morgan fingerprint density at radius 3 is 2.65 bits per heavy atom. The molecule has 0 amide bonds. The highest BCUT2D eigenvalue weighted by Gasteiger charge is 2.24. The predicted molar refractivity (Wildman–Crippen MR) is 63.5 cm³/mol. The summed E-state index contributed by atoms with van der Waals surface area (Å²) in [6.45, 7) is 8.61. The lowest BCUT2D eigenvalue weighted by atomic mass is 9.92. The summed E-state index contributed by atoms with van der Waals surface area (Å²) in [5.41, 5.74) is 7.48. The van der Waals surface area contributed by atoms with Crippen molar-refractivity contribution >= 4 is 5.82 Å². The predicted octanol–water partition coefficient (Wildman–Crippen LogP) is 1.50. The molecule has 0 aliphatic heterocycles. The van der Waals surface area contributed by atoms with Crippen molar-refractivity contribution in [3.63, 3.8) is 0 Å². The Morgan fingerprint density at radius 1 is 1.41 bits per heavy atom. The largest absolute Gasteiger partial charge is 0.381 e. The summed E-state index contributed by atoms with van der Waals surface area (Å²) in [6, 6.07) is 1.88. The molecule has 6 heteroatoms. The van der Waals surface area contributed by atoms with Crippen LogP contribution in [0.3, 0.4) is 0 Å². The molecule has 0 unspecified atom stereocenters. The number of hydrogen-bond donors (Lipinski definition) is 1. The lowest BCUT2D eigenvalue weighted by molar-refractivity contribution is 0.385. The van der Waals surface area contributed by atoms with Gasteiger partial charge in [-0.1, -0.05) is 31.1 Å². The highest BCUT2D eigenvalue weighted by atomic mass is 16.5. The van der Waals surface area contributed by atoms with Gasteiger partial charge in [-0.25, -0.2) is 4.68 Å². The van der Waals surface area contributed by atoms with Crippen molar-refractivity contribution in [1.29, 1.82) is 0 Å². The molecule has 2 rings (SSSR count). The third kappa shape index (κ3) is 2.30. The summed E-state index contributed by atoms with van der Waals surface area (Å²) in [4.78, 5) is 0. The highest BCUT2D eigenvalue weighted by Crippen LogP contribution is 2.26. The molecule has 2 N–H and O–H groups in total. The fourth-order valence-electron chi connectivity index (χ4n) is 1.85. The van der Waals surface area contributed by atoms with E-state index < -0.39 is 0 Å². The summed E-state index contributed by atoms with van der Waals surface area (Å²) in [7, 11) is 0. The number of aryl methyl sites for hydroxylation is 1. The molecule has 0 spiro atoms. The second-order valence-corrected chi connectivity index (χ2v) is 5.16. The summed E-state index contributed by atoms with van der Waals surface area (Å²) >= 11 is 0. The van der Waals surface area contributed by atoms with Crippen LogP contribution in [0.4, 0.5) is 5.82 Å². The second kappa shape index (κ2) is 3.87. The molecule has 6 nitrogen and oxygen atoms in total. The van der Waals surface area contributed by atoms with Crippen molar-refractivity contribution in [3.8, 4) is 0 Å². The van der Waals surface area contributed by atoms with Crippen molar-refractivity contribution in [3.05, 3.63) is 23.2 Å². The Bertz CT molecular complexity index is 520. The van der Waals surface area contributed by atoms with E-state index >= 15 is 0 Å². The molecular weight excluding hydrogens is 218 g/mol. The smallest absolute Gasteiger partial charge is 0.169 e. The number of anilines is 1. The third-order valence-electron chi connectivity index (χ3n) is 2.46. The van der Waals surface area contributed by atoms with Crippen LogP contribution in [0.2, 0.25) is 0 Å². The zero-order valence-electron chi connectivity index (χ0n) is 10.6. The molecule has 0 fully saturated rings. The van der Waals surface area contributed by atoms with E-state index in [-0.39, 0.29) is 5.41 Å². The van der Waals surface area contributed by atoms with E-state index in [0.717, 1.165) is 17.1 Å². The van der Waals surface area contributed by atoms with E-state index in [2.05, 4.69) is 36.2 Å². The number of nitrogens with two attached hydrogens (primary N) is 1. The maximum absolute atomic E-state index is 5.85. The molecule has 0 atom stereocenters. The molecule has 2 aromatic rings. The molecule has 2 heterocycles. The summed E-state index contributed by atoms with van der Waals surface area (Å²) in [5.74, 6) is 1.25. The summed E-state index contributed by atoms with van der Waals surface area (Å²) < 4.78 is 6.80. The van der Waals surface area contributed by atoms with E-state index in [0.29, 0.717) is 12.4 Å². The zero-order valence-corrected chi connectivity index (χ0v) is 10.6. The van der Waals surface area contributed by atoms with Crippen LogP contribution in [0, 0.1) is 6.92 Å². The number of nitrogens with zero attached hydrogens (tertiary/aromatic N) is 4. The third-order valence-corrected chi connectivity index (χ3v) is 2.46. The molecule has 0 aliphatic carbocycles. The first-order chi connectivity index (χ1) is 7.88. The molecule has 2 aromatic heterocycles. The Labute approximate surface area is 99.8 Å². The van der Waals surface area contributed by atoms with Gasteiger partial charge in [-0.05, 0) is 6.92 Å². The fourth-order valence-corrected chi connectivity index (χ4v) is 1.85. The van der Waals surface area contributed by atoms with Gasteiger partial charge >= 0.3 is 0 Å². The van der Waals surface area contributed by atoms with Gasteiger partial charge in [0.25, 0.3) is 0 Å². The van der Waals surface area contributed by atoms with Crippen molar-refractivity contribution in [2.24, 2.45) is 0 Å². The molecule has 92 valence electrons. The Hall–Kier alpha value is -1.85. The van der Waals surface area contributed by atoms with Crippen molar-refractivity contribution < 1.29 is 4.52 Å². The summed E-state index contributed by atoms with van der Waals surface area (Å²) in [5, 5.41) is 11.9. The van der Waals surface area contributed by atoms with Gasteiger partial charge in [0.1, 0.15) is 11.5 Å². The Kier molecular flexibility index (Phi) is 2.65. The van der Waals surface area contributed by atoms with Gasteiger partial charge in [-0.15, -0.1) is 5.10 Å². The van der Waals surface area contributed by atoms with E-state index in [1.807, 2.05) is 13.0 Å². The standard InChI is InChI=1S/C11H17N5O/c1-7-5-8(14-17-7)6-16-9(11(2,3)4)10(12)13-15-16/h5H,6,12H2,1-4H3. The van der Waals surface area contributed by atoms with Crippen molar-refractivity contribution in [2.75, 3.05) is 5.73 Å². The van der Waals surface area contributed by atoms with Crippen LogP contribution >= 0.6 is 0 Å². The first-order valence-corrected chi connectivity index (χ1v) is 5.49. The van der Waals surface area contributed by atoms with Gasteiger partial charge in [0, 0.05) is 11.5 Å². The van der Waals surface area contributed by atoms with Crippen LogP contribution in [0.15, 0.2) is 10.6 Å². The average molecular weight is 235 g/mol. The van der Waals surface area contributed by atoms with Crippen LogP contribution in [0.5, 0.6) is 0 Å². The molecule has 0 radical (unpaired) electrons. The molecule has 17 heavy (non-hydrogen) atoms. The lowest BCUT2D eigenvalue weighted by Gasteiger charge is -2.19. The molecule has 0 aliphatic rings. The van der Waals surface area contributed by atoms with Gasteiger partial charge in [0.2, 0.25) is 0 Å². The number of hydrogen-bond acceptors (Lipinski definition) is 5. The normalized spacial score (nSPS) is 12.0. The first kappa shape index (κ1) is 11.6. The van der Waals surface area contributed by atoms with Crippen molar-refractivity contribution in [2.45, 2.75) is 39.7 Å². The number of rotatable bonds is 2. The average Bonchev–Trinajstić information content (AvgIpc) is 2.73. The molecule has 0 saturated carbocycles. The topological polar surface area (TPSA) is 82.8 Å². The fraction of sp³-hybridized carbons (Fsp3) is 0.545. The maximum atomic E-state index is 5.85. The first-order valence-electron chi connectivity index (χ1n) is 5.49. The van der Waals surface area contributed by atoms with E-state index in [4.69, 9.17) is 10.3 Å². The second-order valence-electron chi connectivity index (χ2n) is 5.16. The minimum atomic E-state index is -0.105. The summed E-state index contributed by atoms with van der Waals surface area (Å²) in [6.07, 6.45) is 0. The van der Waals surface area contributed by atoms with Gasteiger partial charge in [-0.3, -0.25) is 0 Å². The van der Waals surface area contributed by atoms with Crippen LogP contribution in [-0.2, 0) is 12.0 Å². The van der Waals surface area contributed by atoms with Gasteiger partial charge < -0.3 is 10.3 Å². The number of aromatic nitrogens is 4. The van der Waals surface area contributed by atoms with Crippen LogP contribution in [0.25, 0.3) is 0 Å². The molecular formula is C11H17N5O. The maximum Gasteiger partial charge on any atom is 0.169 e. The van der Waals surface area contributed by atoms with E-state index in [1.54, 1.807) is 4.68 Å². The van der Waals surface area contributed by atoms with Crippen LogP contribution < -0.4 is 5.73 Å². The van der Waals surface area contributed by atoms with Crippen LogP contribution in [-0.4, -0.2) is 20.2 Å². The molecule has 0 aromatic carbocycles. The van der Waals surface area contributed by atoms with Gasteiger partial charge in [-0.2, -0.15) is 0 Å². The highest BCUT2D eigenvalue weighted by molar-refractivity contribution is 5.38. The lowest BCUT2D eigenvalue weighted by Crippen LogP contribution is -2.20. The molecule has 0 saturated heterocycles. The van der Waals surface area contributed by atoms with Crippen molar-refractivity contribution in [1.82, 2.24) is 20.2 Å². The quantitative estimate of drug-likeness (QED) is 0.852. The van der Waals surface area contributed by atoms with Crippen LogP contribution in [0.1, 0.15) is 37.9 Å². The van der Waals surface area contributed by atoms with Gasteiger partial charge in [0.15, 0.2) is 5.82 Å². The van der Waals surface area contributed by atoms with E-state index in [1.165, 1.54) is 0 Å². The monoisotopic (exact) mass is 235 g/mol. The van der Waals surface area contributed by atoms with E-state index in [9.17, 15) is 0 Å². The van der Waals surface area contributed by atoms with Gasteiger partial charge in [0.05, 0.1) is 12.2 Å². The minimum absolute atomic E-state index is 0.105. The SMILES string of the molecule is Cc1cc(Cn2nnc(N)c2C(C)(C)C)no1. The molecule has 0 bridgehead atoms. The zero-order chi connectivity index (χ0) is 12.6. The Morgan fingerprint density at radius 2 is 2.12 bits per heavy atom. The Balaban J connectivity index is 2.34. The minimum Gasteiger partial charge on any atom is -0.381 e. The number of nitrogen functional groups attached to an aromatic ring is 1.